The Labute approximate surface area is 161 Å². The molecular weight excluding hydrogens is 344 g/mol. The van der Waals surface area contributed by atoms with Crippen LogP contribution >= 0.6 is 0 Å². The maximum Gasteiger partial charge on any atom is 0.311 e. The molecule has 0 saturated heterocycles. The maximum atomic E-state index is 12.7. The fourth-order valence-corrected chi connectivity index (χ4v) is 5.19. The molecule has 0 amide bonds. The predicted octanol–water partition coefficient (Wildman–Crippen LogP) is 4.13. The van der Waals surface area contributed by atoms with Crippen LogP contribution in [0.2, 0.25) is 0 Å². The summed E-state index contributed by atoms with van der Waals surface area (Å²) in [4.78, 5) is 25.4. The molecule has 5 nitrogen and oxygen atoms in total. The first-order chi connectivity index (χ1) is 12.8. The third kappa shape index (κ3) is 3.88. The van der Waals surface area contributed by atoms with E-state index in [0.29, 0.717) is 32.1 Å². The molecular formula is C22H32O5. The molecule has 0 aromatic heterocycles. The molecule has 1 aliphatic carbocycles. The zero-order valence-electron chi connectivity index (χ0n) is 16.4. The van der Waals surface area contributed by atoms with Crippen molar-refractivity contribution >= 4 is 11.9 Å². The third-order valence-electron chi connectivity index (χ3n) is 6.50. The van der Waals surface area contributed by atoms with Crippen LogP contribution in [0.1, 0.15) is 64.4 Å². The fraction of sp³-hybridized carbons (Fsp3) is 0.636. The van der Waals surface area contributed by atoms with Gasteiger partial charge in [0.15, 0.2) is 0 Å². The van der Waals surface area contributed by atoms with E-state index in [9.17, 15) is 24.9 Å². The molecule has 5 heteroatoms. The number of hydrogen-bond acceptors (Lipinski definition) is 3. The van der Waals surface area contributed by atoms with Gasteiger partial charge in [-0.3, -0.25) is 9.59 Å². The van der Waals surface area contributed by atoms with Crippen molar-refractivity contribution in [2.24, 2.45) is 16.7 Å². The first-order valence-electron chi connectivity index (χ1n) is 10.0. The second-order valence-electron chi connectivity index (χ2n) is 8.02. The van der Waals surface area contributed by atoms with Crippen molar-refractivity contribution in [2.75, 3.05) is 0 Å². The highest BCUT2D eigenvalue weighted by Gasteiger charge is 2.65. The SMILES string of the molecule is CCCCC(C(C)O)C1(C(=O)O)CCCCC1(Cc1ccccc1)C(=O)O. The lowest BCUT2D eigenvalue weighted by molar-refractivity contribution is -0.193. The van der Waals surface area contributed by atoms with E-state index in [2.05, 4.69) is 0 Å². The molecule has 1 saturated carbocycles. The largest absolute Gasteiger partial charge is 0.481 e. The topological polar surface area (TPSA) is 94.8 Å². The molecule has 1 fully saturated rings. The Balaban J connectivity index is 2.64. The van der Waals surface area contributed by atoms with E-state index in [1.807, 2.05) is 37.3 Å². The Kier molecular flexibility index (Phi) is 7.04. The van der Waals surface area contributed by atoms with Gasteiger partial charge in [-0.2, -0.15) is 0 Å². The molecule has 4 unspecified atom stereocenters. The van der Waals surface area contributed by atoms with Crippen molar-refractivity contribution in [1.82, 2.24) is 0 Å². The van der Waals surface area contributed by atoms with Gasteiger partial charge in [0.1, 0.15) is 0 Å². The van der Waals surface area contributed by atoms with Crippen LogP contribution in [0.25, 0.3) is 0 Å². The number of aliphatic hydroxyl groups excluding tert-OH is 1. The highest BCUT2D eigenvalue weighted by atomic mass is 16.4. The zero-order valence-corrected chi connectivity index (χ0v) is 16.4. The van der Waals surface area contributed by atoms with Crippen molar-refractivity contribution < 1.29 is 24.9 Å². The monoisotopic (exact) mass is 376 g/mol. The summed E-state index contributed by atoms with van der Waals surface area (Å²) in [6.07, 6.45) is 3.43. The van der Waals surface area contributed by atoms with Crippen LogP contribution in [-0.2, 0) is 16.0 Å². The Morgan fingerprint density at radius 1 is 1.07 bits per heavy atom. The van der Waals surface area contributed by atoms with E-state index in [-0.39, 0.29) is 6.42 Å². The van der Waals surface area contributed by atoms with E-state index in [1.54, 1.807) is 6.92 Å². The van der Waals surface area contributed by atoms with Gasteiger partial charge in [0, 0.05) is 5.92 Å². The number of carboxylic acid groups (broad SMARTS) is 2. The highest BCUT2D eigenvalue weighted by molar-refractivity contribution is 5.87. The molecule has 0 spiro atoms. The van der Waals surface area contributed by atoms with Crippen LogP contribution in [-0.4, -0.2) is 33.4 Å². The van der Waals surface area contributed by atoms with E-state index in [0.717, 1.165) is 18.4 Å². The number of unbranched alkanes of at least 4 members (excludes halogenated alkanes) is 1. The van der Waals surface area contributed by atoms with E-state index < -0.39 is 34.8 Å². The first-order valence-corrected chi connectivity index (χ1v) is 10.0. The van der Waals surface area contributed by atoms with Crippen LogP contribution in [0, 0.1) is 16.7 Å². The number of aliphatic hydroxyl groups is 1. The van der Waals surface area contributed by atoms with Crippen molar-refractivity contribution in [3.63, 3.8) is 0 Å². The summed E-state index contributed by atoms with van der Waals surface area (Å²) >= 11 is 0. The van der Waals surface area contributed by atoms with E-state index >= 15 is 0 Å². The van der Waals surface area contributed by atoms with Gasteiger partial charge in [0.05, 0.1) is 16.9 Å². The maximum absolute atomic E-state index is 12.7. The predicted molar refractivity (Wildman–Crippen MR) is 103 cm³/mol. The smallest absolute Gasteiger partial charge is 0.311 e. The molecule has 2 rings (SSSR count). The number of rotatable bonds is 9. The minimum atomic E-state index is -1.48. The zero-order chi connectivity index (χ0) is 20.1. The Hall–Kier alpha value is -1.88. The molecule has 0 bridgehead atoms. The number of hydrogen-bond donors (Lipinski definition) is 3. The van der Waals surface area contributed by atoms with E-state index in [1.165, 1.54) is 0 Å². The minimum absolute atomic E-state index is 0.171. The summed E-state index contributed by atoms with van der Waals surface area (Å²) in [6.45, 7) is 3.62. The number of aliphatic carboxylic acids is 2. The van der Waals surface area contributed by atoms with Gasteiger partial charge >= 0.3 is 11.9 Å². The Morgan fingerprint density at radius 2 is 1.70 bits per heavy atom. The molecule has 27 heavy (non-hydrogen) atoms. The van der Waals surface area contributed by atoms with Crippen LogP contribution in [0.4, 0.5) is 0 Å². The summed E-state index contributed by atoms with van der Waals surface area (Å²) in [5.41, 5.74) is -2.07. The van der Waals surface area contributed by atoms with Gasteiger partial charge < -0.3 is 15.3 Å². The lowest BCUT2D eigenvalue weighted by Crippen LogP contribution is -2.61. The van der Waals surface area contributed by atoms with Crippen LogP contribution in [0.15, 0.2) is 30.3 Å². The van der Waals surface area contributed by atoms with Crippen LogP contribution < -0.4 is 0 Å². The van der Waals surface area contributed by atoms with Crippen LogP contribution in [0.5, 0.6) is 0 Å². The molecule has 0 aliphatic heterocycles. The molecule has 1 aromatic rings. The van der Waals surface area contributed by atoms with Gasteiger partial charge in [-0.05, 0) is 38.2 Å². The Morgan fingerprint density at radius 3 is 2.22 bits per heavy atom. The lowest BCUT2D eigenvalue weighted by atomic mass is 9.48. The van der Waals surface area contributed by atoms with Gasteiger partial charge in [0.25, 0.3) is 0 Å². The van der Waals surface area contributed by atoms with Gasteiger partial charge in [0.2, 0.25) is 0 Å². The standard InChI is InChI=1S/C22H32O5/c1-3-4-12-18(16(2)23)22(20(26)27)14-9-8-13-21(22,19(24)25)15-17-10-6-5-7-11-17/h5-7,10-11,16,18,23H,3-4,8-9,12-15H2,1-2H3,(H,24,25)(H,26,27). The van der Waals surface area contributed by atoms with Gasteiger partial charge in [-0.15, -0.1) is 0 Å². The normalized spacial score (nSPS) is 27.7. The van der Waals surface area contributed by atoms with Crippen LogP contribution in [0.3, 0.4) is 0 Å². The van der Waals surface area contributed by atoms with Crippen molar-refractivity contribution in [3.8, 4) is 0 Å². The number of benzene rings is 1. The molecule has 0 radical (unpaired) electrons. The number of carbonyl (C=O) groups is 2. The molecule has 1 aromatic carbocycles. The Bertz CT molecular complexity index is 641. The van der Waals surface area contributed by atoms with Gasteiger partial charge in [-0.1, -0.05) is 62.9 Å². The molecule has 1 aliphatic rings. The highest BCUT2D eigenvalue weighted by Crippen LogP contribution is 2.59. The summed E-state index contributed by atoms with van der Waals surface area (Å²) < 4.78 is 0. The summed E-state index contributed by atoms with van der Waals surface area (Å²) in [7, 11) is 0. The van der Waals surface area contributed by atoms with Crippen molar-refractivity contribution in [2.45, 2.75) is 71.3 Å². The quantitative estimate of drug-likeness (QED) is 0.602. The fourth-order valence-electron chi connectivity index (χ4n) is 5.19. The lowest BCUT2D eigenvalue weighted by Gasteiger charge is -2.53. The molecule has 3 N–H and O–H groups in total. The average Bonchev–Trinajstić information content (AvgIpc) is 2.63. The second-order valence-corrected chi connectivity index (χ2v) is 8.02. The third-order valence-corrected chi connectivity index (χ3v) is 6.50. The van der Waals surface area contributed by atoms with Gasteiger partial charge in [-0.25, -0.2) is 0 Å². The van der Waals surface area contributed by atoms with Crippen molar-refractivity contribution in [3.05, 3.63) is 35.9 Å². The second kappa shape index (κ2) is 8.87. The minimum Gasteiger partial charge on any atom is -0.481 e. The summed E-state index contributed by atoms with van der Waals surface area (Å²) in [5, 5.41) is 31.3. The summed E-state index contributed by atoms with van der Waals surface area (Å²) in [5.74, 6) is -2.73. The average molecular weight is 376 g/mol. The van der Waals surface area contributed by atoms with Crippen molar-refractivity contribution in [1.29, 1.82) is 0 Å². The first kappa shape index (κ1) is 21.4. The van der Waals surface area contributed by atoms with E-state index in [4.69, 9.17) is 0 Å². The molecule has 0 heterocycles. The number of carboxylic acids is 2. The summed E-state index contributed by atoms with van der Waals surface area (Å²) in [6, 6.07) is 9.27. The molecule has 4 atom stereocenters. The molecule has 150 valence electrons.